The lowest BCUT2D eigenvalue weighted by molar-refractivity contribution is 0.0429. The molecule has 0 saturated heterocycles. The van der Waals surface area contributed by atoms with E-state index in [-0.39, 0.29) is 23.9 Å². The van der Waals surface area contributed by atoms with Gasteiger partial charge in [0.25, 0.3) is 5.89 Å². The van der Waals surface area contributed by atoms with Crippen LogP contribution < -0.4 is 0 Å². The van der Waals surface area contributed by atoms with Crippen LogP contribution in [-0.4, -0.2) is 16.1 Å². The summed E-state index contributed by atoms with van der Waals surface area (Å²) in [7, 11) is 0. The topological polar surface area (TPSA) is 65.2 Å². The van der Waals surface area contributed by atoms with Crippen LogP contribution in [0, 0.1) is 17.5 Å². The van der Waals surface area contributed by atoms with Gasteiger partial charge in [0, 0.05) is 5.56 Å². The fraction of sp³-hybridized carbons (Fsp3) is 0.0625. The molecular weight excluding hydrogens is 325 g/mol. The third-order valence-corrected chi connectivity index (χ3v) is 3.03. The molecule has 3 rings (SSSR count). The lowest BCUT2D eigenvalue weighted by atomic mass is 10.2. The normalized spacial score (nSPS) is 10.6. The molecule has 0 atom stereocenters. The first-order chi connectivity index (χ1) is 11.5. The molecule has 0 aliphatic carbocycles. The zero-order valence-electron chi connectivity index (χ0n) is 12.0. The highest BCUT2D eigenvalue weighted by molar-refractivity contribution is 5.89. The molecule has 1 aromatic heterocycles. The lowest BCUT2D eigenvalue weighted by Crippen LogP contribution is -2.06. The van der Waals surface area contributed by atoms with Crippen LogP contribution in [0.3, 0.4) is 0 Å². The minimum absolute atomic E-state index is 0.0230. The summed E-state index contributed by atoms with van der Waals surface area (Å²) in [6.07, 6.45) is 0. The van der Waals surface area contributed by atoms with Crippen LogP contribution in [0.15, 0.2) is 47.0 Å². The van der Waals surface area contributed by atoms with Gasteiger partial charge in [-0.2, -0.15) is 4.98 Å². The van der Waals surface area contributed by atoms with Crippen LogP contribution >= 0.6 is 0 Å². The predicted molar refractivity (Wildman–Crippen MR) is 75.2 cm³/mol. The van der Waals surface area contributed by atoms with Crippen LogP contribution in [-0.2, 0) is 11.3 Å². The Labute approximate surface area is 133 Å². The number of nitrogens with zero attached hydrogens (tertiary/aromatic N) is 2. The second-order valence-electron chi connectivity index (χ2n) is 4.73. The molecule has 0 aliphatic rings. The van der Waals surface area contributed by atoms with Crippen molar-refractivity contribution in [1.82, 2.24) is 10.1 Å². The standard InChI is InChI=1S/C16H9F3N2O3/c17-11-3-1-2-9(6-11)15-20-14(24-21-15)8-23-16(22)10-4-5-12(18)13(19)7-10/h1-7H,8H2. The molecule has 0 amide bonds. The van der Waals surface area contributed by atoms with E-state index in [2.05, 4.69) is 10.1 Å². The van der Waals surface area contributed by atoms with Gasteiger partial charge in [-0.05, 0) is 30.3 Å². The Morgan fingerprint density at radius 2 is 1.92 bits per heavy atom. The Bertz CT molecular complexity index is 896. The summed E-state index contributed by atoms with van der Waals surface area (Å²) >= 11 is 0. The molecule has 1 heterocycles. The van der Waals surface area contributed by atoms with Crippen LogP contribution in [0.25, 0.3) is 11.4 Å². The number of benzene rings is 2. The van der Waals surface area contributed by atoms with Crippen molar-refractivity contribution in [2.24, 2.45) is 0 Å². The van der Waals surface area contributed by atoms with E-state index in [0.717, 1.165) is 18.2 Å². The molecule has 24 heavy (non-hydrogen) atoms. The van der Waals surface area contributed by atoms with E-state index in [4.69, 9.17) is 9.26 Å². The Morgan fingerprint density at radius 3 is 2.67 bits per heavy atom. The summed E-state index contributed by atoms with van der Waals surface area (Å²) in [6, 6.07) is 8.21. The van der Waals surface area contributed by atoms with Gasteiger partial charge in [0.1, 0.15) is 5.82 Å². The van der Waals surface area contributed by atoms with Crippen LogP contribution in [0.4, 0.5) is 13.2 Å². The van der Waals surface area contributed by atoms with Crippen molar-refractivity contribution in [3.63, 3.8) is 0 Å². The SMILES string of the molecule is O=C(OCc1nc(-c2cccc(F)c2)no1)c1ccc(F)c(F)c1. The number of hydrogen-bond donors (Lipinski definition) is 0. The van der Waals surface area contributed by atoms with Gasteiger partial charge in [-0.25, -0.2) is 18.0 Å². The highest BCUT2D eigenvalue weighted by Gasteiger charge is 2.14. The number of carbonyl (C=O) groups excluding carboxylic acids is 1. The minimum atomic E-state index is -1.16. The number of ether oxygens (including phenoxy) is 1. The summed E-state index contributed by atoms with van der Waals surface area (Å²) in [6.45, 7) is -0.361. The zero-order valence-corrected chi connectivity index (χ0v) is 12.0. The molecule has 2 aromatic carbocycles. The van der Waals surface area contributed by atoms with Crippen molar-refractivity contribution in [3.05, 3.63) is 71.4 Å². The van der Waals surface area contributed by atoms with E-state index in [1.165, 1.54) is 18.2 Å². The first-order valence-corrected chi connectivity index (χ1v) is 6.73. The number of halogens is 3. The van der Waals surface area contributed by atoms with E-state index < -0.39 is 23.4 Å². The van der Waals surface area contributed by atoms with Crippen molar-refractivity contribution in [2.75, 3.05) is 0 Å². The molecule has 0 unspecified atom stereocenters. The second kappa shape index (κ2) is 6.53. The van der Waals surface area contributed by atoms with Crippen molar-refractivity contribution >= 4 is 5.97 Å². The Hall–Kier alpha value is -3.16. The smallest absolute Gasteiger partial charge is 0.338 e. The molecule has 0 aliphatic heterocycles. The number of carbonyl (C=O) groups is 1. The van der Waals surface area contributed by atoms with Crippen molar-refractivity contribution in [2.45, 2.75) is 6.61 Å². The third-order valence-electron chi connectivity index (χ3n) is 3.03. The fourth-order valence-electron chi connectivity index (χ4n) is 1.89. The summed E-state index contributed by atoms with van der Waals surface area (Å²) in [5, 5.41) is 3.65. The maximum Gasteiger partial charge on any atom is 0.338 e. The maximum absolute atomic E-state index is 13.1. The number of esters is 1. The first-order valence-electron chi connectivity index (χ1n) is 6.73. The summed E-state index contributed by atoms with van der Waals surface area (Å²) in [5.74, 6) is -3.44. The third kappa shape index (κ3) is 3.43. The van der Waals surface area contributed by atoms with Gasteiger partial charge in [0.05, 0.1) is 5.56 Å². The Balaban J connectivity index is 1.67. The molecule has 0 N–H and O–H groups in total. The van der Waals surface area contributed by atoms with Crippen LogP contribution in [0.2, 0.25) is 0 Å². The highest BCUT2D eigenvalue weighted by atomic mass is 19.2. The molecule has 0 radical (unpaired) electrons. The van der Waals surface area contributed by atoms with E-state index in [1.54, 1.807) is 6.07 Å². The number of aromatic nitrogens is 2. The van der Waals surface area contributed by atoms with Gasteiger partial charge in [-0.3, -0.25) is 0 Å². The average molecular weight is 334 g/mol. The lowest BCUT2D eigenvalue weighted by Gasteiger charge is -2.02. The Kier molecular flexibility index (Phi) is 4.28. The van der Waals surface area contributed by atoms with E-state index in [0.29, 0.717) is 5.56 Å². The number of hydrogen-bond acceptors (Lipinski definition) is 5. The van der Waals surface area contributed by atoms with E-state index in [9.17, 15) is 18.0 Å². The van der Waals surface area contributed by atoms with Crippen molar-refractivity contribution < 1.29 is 27.2 Å². The second-order valence-corrected chi connectivity index (χ2v) is 4.73. The monoisotopic (exact) mass is 334 g/mol. The van der Waals surface area contributed by atoms with Crippen molar-refractivity contribution in [1.29, 1.82) is 0 Å². The molecule has 122 valence electrons. The molecule has 5 nitrogen and oxygen atoms in total. The van der Waals surface area contributed by atoms with Gasteiger partial charge in [0.15, 0.2) is 18.2 Å². The summed E-state index contributed by atoms with van der Waals surface area (Å²) in [5.41, 5.74) is 0.246. The zero-order chi connectivity index (χ0) is 17.1. The van der Waals surface area contributed by atoms with Gasteiger partial charge in [0.2, 0.25) is 5.82 Å². The van der Waals surface area contributed by atoms with Gasteiger partial charge < -0.3 is 9.26 Å². The van der Waals surface area contributed by atoms with E-state index >= 15 is 0 Å². The average Bonchev–Trinajstić information content (AvgIpc) is 3.04. The molecule has 0 bridgehead atoms. The largest absolute Gasteiger partial charge is 0.452 e. The van der Waals surface area contributed by atoms with Crippen molar-refractivity contribution in [3.8, 4) is 11.4 Å². The van der Waals surface area contributed by atoms with E-state index in [1.807, 2.05) is 0 Å². The minimum Gasteiger partial charge on any atom is -0.452 e. The van der Waals surface area contributed by atoms with Gasteiger partial charge in [-0.15, -0.1) is 0 Å². The van der Waals surface area contributed by atoms with Gasteiger partial charge >= 0.3 is 5.97 Å². The molecule has 8 heteroatoms. The molecule has 3 aromatic rings. The van der Waals surface area contributed by atoms with Crippen LogP contribution in [0.5, 0.6) is 0 Å². The maximum atomic E-state index is 13.1. The van der Waals surface area contributed by atoms with Crippen LogP contribution in [0.1, 0.15) is 16.2 Å². The fourth-order valence-corrected chi connectivity index (χ4v) is 1.89. The van der Waals surface area contributed by atoms with Gasteiger partial charge in [-0.1, -0.05) is 17.3 Å². The Morgan fingerprint density at radius 1 is 1.08 bits per heavy atom. The quantitative estimate of drug-likeness (QED) is 0.683. The molecule has 0 saturated carbocycles. The molecule has 0 fully saturated rings. The molecular formula is C16H9F3N2O3. The molecule has 0 spiro atoms. The highest BCUT2D eigenvalue weighted by Crippen LogP contribution is 2.17. The first kappa shape index (κ1) is 15.7. The summed E-state index contributed by atoms with van der Waals surface area (Å²) in [4.78, 5) is 15.7. The summed E-state index contributed by atoms with van der Waals surface area (Å²) < 4.78 is 48.8. The predicted octanol–water partition coefficient (Wildman–Crippen LogP) is 3.51. The number of rotatable bonds is 4.